The van der Waals surface area contributed by atoms with Gasteiger partial charge in [0.05, 0.1) is 6.61 Å². The van der Waals surface area contributed by atoms with Crippen LogP contribution in [-0.4, -0.2) is 39.5 Å². The third kappa shape index (κ3) is 4.51. The Morgan fingerprint density at radius 2 is 2.08 bits per heavy atom. The summed E-state index contributed by atoms with van der Waals surface area (Å²) in [7, 11) is 0. The molecule has 140 valence electrons. The Kier molecular flexibility index (Phi) is 5.45. The Labute approximate surface area is 154 Å². The minimum atomic E-state index is -2.59. The lowest BCUT2D eigenvalue weighted by molar-refractivity contribution is -0.0361. The number of halogens is 2. The lowest BCUT2D eigenvalue weighted by atomic mass is 9.92. The van der Waals surface area contributed by atoms with Gasteiger partial charge in [-0.3, -0.25) is 0 Å². The van der Waals surface area contributed by atoms with Crippen LogP contribution in [0.2, 0.25) is 0 Å². The average molecular weight is 382 g/mol. The number of nitrogens with zero attached hydrogens (tertiary/aromatic N) is 3. The van der Waals surface area contributed by atoms with Crippen molar-refractivity contribution in [2.45, 2.75) is 51.5 Å². The summed E-state index contributed by atoms with van der Waals surface area (Å²) in [5, 5.41) is 5.61. The minimum Gasteiger partial charge on any atom is -0.461 e. The van der Waals surface area contributed by atoms with Crippen molar-refractivity contribution in [2.24, 2.45) is 0 Å². The van der Waals surface area contributed by atoms with Crippen LogP contribution in [0, 0.1) is 6.92 Å². The summed E-state index contributed by atoms with van der Waals surface area (Å²) in [6.07, 6.45) is 0.382. The summed E-state index contributed by atoms with van der Waals surface area (Å²) < 4.78 is 31.7. The number of anilines is 1. The SMILES string of the molecule is CCOC(=O)c1cc(NC2CCC(F)(F)CC2)nc(-c2nc(C)cs2)n1. The Balaban J connectivity index is 1.86. The number of rotatable bonds is 5. The van der Waals surface area contributed by atoms with E-state index in [1.165, 1.54) is 17.4 Å². The van der Waals surface area contributed by atoms with E-state index in [0.29, 0.717) is 29.5 Å². The molecule has 2 aromatic rings. The zero-order chi connectivity index (χ0) is 18.7. The third-order valence-corrected chi connectivity index (χ3v) is 5.05. The van der Waals surface area contributed by atoms with Crippen molar-refractivity contribution in [1.82, 2.24) is 15.0 Å². The molecular formula is C17H20F2N4O2S. The van der Waals surface area contributed by atoms with E-state index < -0.39 is 11.9 Å². The highest BCUT2D eigenvalue weighted by Crippen LogP contribution is 2.34. The first-order valence-electron chi connectivity index (χ1n) is 8.49. The molecule has 0 saturated heterocycles. The van der Waals surface area contributed by atoms with Gasteiger partial charge in [0.25, 0.3) is 0 Å². The van der Waals surface area contributed by atoms with Gasteiger partial charge in [-0.05, 0) is 26.7 Å². The van der Waals surface area contributed by atoms with Crippen LogP contribution < -0.4 is 5.32 Å². The number of aromatic nitrogens is 3. The molecule has 1 saturated carbocycles. The van der Waals surface area contributed by atoms with Gasteiger partial charge in [0.15, 0.2) is 16.5 Å². The molecule has 1 N–H and O–H groups in total. The van der Waals surface area contributed by atoms with E-state index in [2.05, 4.69) is 20.3 Å². The molecule has 26 heavy (non-hydrogen) atoms. The first-order valence-corrected chi connectivity index (χ1v) is 9.37. The molecule has 2 heterocycles. The number of hydrogen-bond donors (Lipinski definition) is 1. The van der Waals surface area contributed by atoms with Gasteiger partial charge in [-0.15, -0.1) is 11.3 Å². The molecule has 0 atom stereocenters. The summed E-state index contributed by atoms with van der Waals surface area (Å²) >= 11 is 1.38. The summed E-state index contributed by atoms with van der Waals surface area (Å²) in [6, 6.07) is 1.37. The number of thiazole rings is 1. The zero-order valence-electron chi connectivity index (χ0n) is 14.6. The van der Waals surface area contributed by atoms with E-state index in [1.54, 1.807) is 6.92 Å². The molecule has 1 fully saturated rings. The molecule has 9 heteroatoms. The van der Waals surface area contributed by atoms with Crippen molar-refractivity contribution in [1.29, 1.82) is 0 Å². The largest absolute Gasteiger partial charge is 0.461 e. The van der Waals surface area contributed by atoms with Crippen LogP contribution in [0.25, 0.3) is 10.8 Å². The Morgan fingerprint density at radius 3 is 2.69 bits per heavy atom. The number of carbonyl (C=O) groups is 1. The van der Waals surface area contributed by atoms with Gasteiger partial charge in [-0.1, -0.05) is 0 Å². The van der Waals surface area contributed by atoms with Crippen LogP contribution in [0.4, 0.5) is 14.6 Å². The third-order valence-electron chi connectivity index (χ3n) is 4.09. The van der Waals surface area contributed by atoms with E-state index in [4.69, 9.17) is 4.74 Å². The van der Waals surface area contributed by atoms with Gasteiger partial charge in [-0.2, -0.15) is 0 Å². The van der Waals surface area contributed by atoms with Crippen molar-refractivity contribution < 1.29 is 18.3 Å². The van der Waals surface area contributed by atoms with Crippen LogP contribution in [-0.2, 0) is 4.74 Å². The highest BCUT2D eigenvalue weighted by Gasteiger charge is 2.35. The van der Waals surface area contributed by atoms with Gasteiger partial charge < -0.3 is 10.1 Å². The monoisotopic (exact) mass is 382 g/mol. The number of alkyl halides is 2. The highest BCUT2D eigenvalue weighted by atomic mass is 32.1. The van der Waals surface area contributed by atoms with Gasteiger partial charge in [0.2, 0.25) is 5.92 Å². The van der Waals surface area contributed by atoms with Crippen molar-refractivity contribution >= 4 is 23.1 Å². The van der Waals surface area contributed by atoms with Crippen LogP contribution in [0.5, 0.6) is 0 Å². The van der Waals surface area contributed by atoms with Gasteiger partial charge in [0.1, 0.15) is 5.82 Å². The van der Waals surface area contributed by atoms with E-state index in [0.717, 1.165) is 5.69 Å². The van der Waals surface area contributed by atoms with Crippen LogP contribution in [0.1, 0.15) is 48.8 Å². The maximum Gasteiger partial charge on any atom is 0.357 e. The van der Waals surface area contributed by atoms with E-state index in [1.807, 2.05) is 12.3 Å². The Hall–Kier alpha value is -2.16. The lowest BCUT2D eigenvalue weighted by Crippen LogP contribution is -2.32. The van der Waals surface area contributed by atoms with E-state index in [9.17, 15) is 13.6 Å². The van der Waals surface area contributed by atoms with Gasteiger partial charge in [0, 0.05) is 36.0 Å². The number of nitrogens with one attached hydrogen (secondary N) is 1. The highest BCUT2D eigenvalue weighted by molar-refractivity contribution is 7.13. The Bertz CT molecular complexity index is 787. The first kappa shape index (κ1) is 18.6. The summed E-state index contributed by atoms with van der Waals surface area (Å²) in [4.78, 5) is 25.1. The molecule has 0 unspecified atom stereocenters. The zero-order valence-corrected chi connectivity index (χ0v) is 15.4. The van der Waals surface area contributed by atoms with Crippen LogP contribution >= 0.6 is 11.3 Å². The maximum absolute atomic E-state index is 13.3. The molecule has 6 nitrogen and oxygen atoms in total. The van der Waals surface area contributed by atoms with Crippen molar-refractivity contribution in [3.8, 4) is 10.8 Å². The second-order valence-electron chi connectivity index (χ2n) is 6.25. The summed E-state index contributed by atoms with van der Waals surface area (Å²) in [5.41, 5.74) is 0.951. The topological polar surface area (TPSA) is 77.0 Å². The molecule has 1 aliphatic rings. The molecule has 0 aromatic carbocycles. The van der Waals surface area contributed by atoms with Crippen molar-refractivity contribution in [2.75, 3.05) is 11.9 Å². The molecule has 0 spiro atoms. The predicted octanol–water partition coefficient (Wildman–Crippen LogP) is 4.08. The number of carbonyl (C=O) groups excluding carboxylic acids is 1. The quantitative estimate of drug-likeness (QED) is 0.786. The van der Waals surface area contributed by atoms with E-state index in [-0.39, 0.29) is 31.2 Å². The molecule has 0 bridgehead atoms. The standard InChI is InChI=1S/C17H20F2N4O2S/c1-3-25-16(24)12-8-13(21-11-4-6-17(18,19)7-5-11)23-14(22-12)15-20-10(2)9-26-15/h8-9,11H,3-7H2,1-2H3,(H,21,22,23). The molecule has 2 aromatic heterocycles. The number of esters is 1. The smallest absolute Gasteiger partial charge is 0.357 e. The fourth-order valence-corrected chi connectivity index (χ4v) is 3.51. The summed E-state index contributed by atoms with van der Waals surface area (Å²) in [6.45, 7) is 3.80. The van der Waals surface area contributed by atoms with Crippen LogP contribution in [0.15, 0.2) is 11.4 Å². The average Bonchev–Trinajstić information content (AvgIpc) is 3.03. The molecular weight excluding hydrogens is 362 g/mol. The number of ether oxygens (including phenoxy) is 1. The molecule has 0 amide bonds. The summed E-state index contributed by atoms with van der Waals surface area (Å²) in [5.74, 6) is -2.41. The second kappa shape index (κ2) is 7.61. The first-order chi connectivity index (χ1) is 12.4. The molecule has 0 aliphatic heterocycles. The fraction of sp³-hybridized carbons (Fsp3) is 0.529. The predicted molar refractivity (Wildman–Crippen MR) is 94.7 cm³/mol. The lowest BCUT2D eigenvalue weighted by Gasteiger charge is -2.29. The minimum absolute atomic E-state index is 0.119. The van der Waals surface area contributed by atoms with E-state index >= 15 is 0 Å². The van der Waals surface area contributed by atoms with Crippen molar-refractivity contribution in [3.63, 3.8) is 0 Å². The Morgan fingerprint density at radius 1 is 1.35 bits per heavy atom. The van der Waals surface area contributed by atoms with Gasteiger partial charge >= 0.3 is 5.97 Å². The van der Waals surface area contributed by atoms with Crippen LogP contribution in [0.3, 0.4) is 0 Å². The maximum atomic E-state index is 13.3. The fourth-order valence-electron chi connectivity index (χ4n) is 2.78. The molecule has 3 rings (SSSR count). The number of aryl methyl sites for hydroxylation is 1. The van der Waals surface area contributed by atoms with Crippen molar-refractivity contribution in [3.05, 3.63) is 22.8 Å². The normalized spacial score (nSPS) is 17.1. The number of hydrogen-bond acceptors (Lipinski definition) is 7. The van der Waals surface area contributed by atoms with Gasteiger partial charge in [-0.25, -0.2) is 28.5 Å². The molecule has 0 radical (unpaired) electrons. The second-order valence-corrected chi connectivity index (χ2v) is 7.11. The molecule has 1 aliphatic carbocycles.